The molecule has 0 saturated heterocycles. The third-order valence-electron chi connectivity index (χ3n) is 3.81. The van der Waals surface area contributed by atoms with Gasteiger partial charge in [-0.3, -0.25) is 4.79 Å². The number of amides is 1. The van der Waals surface area contributed by atoms with Crippen LogP contribution in [-0.4, -0.2) is 43.6 Å². The van der Waals surface area contributed by atoms with Crippen molar-refractivity contribution in [1.82, 2.24) is 16.0 Å². The minimum absolute atomic E-state index is 0. The van der Waals surface area contributed by atoms with Crippen molar-refractivity contribution in [1.29, 1.82) is 0 Å². The second kappa shape index (κ2) is 11.2. The van der Waals surface area contributed by atoms with E-state index in [2.05, 4.69) is 62.3 Å². The maximum absolute atomic E-state index is 11.9. The zero-order valence-corrected chi connectivity index (χ0v) is 19.0. The molecule has 1 aromatic rings. The van der Waals surface area contributed by atoms with Crippen LogP contribution in [0.1, 0.15) is 33.3 Å². The van der Waals surface area contributed by atoms with E-state index in [1.165, 1.54) is 5.69 Å². The molecule has 7 heteroatoms. The predicted octanol–water partition coefficient (Wildman–Crippen LogP) is 2.65. The van der Waals surface area contributed by atoms with E-state index in [-0.39, 0.29) is 42.0 Å². The highest BCUT2D eigenvalue weighted by Gasteiger charge is 2.13. The van der Waals surface area contributed by atoms with E-state index >= 15 is 0 Å². The number of carbonyl (C=O) groups is 1. The second-order valence-corrected chi connectivity index (χ2v) is 7.39. The minimum atomic E-state index is -0.235. The van der Waals surface area contributed by atoms with Crippen LogP contribution in [0.15, 0.2) is 41.4 Å². The Kier molecular flexibility index (Phi) is 9.62. The van der Waals surface area contributed by atoms with E-state index in [0.29, 0.717) is 12.5 Å². The molecule has 1 aromatic carbocycles. The lowest BCUT2D eigenvalue weighted by Crippen LogP contribution is -2.48. The van der Waals surface area contributed by atoms with Crippen LogP contribution in [0.25, 0.3) is 0 Å². The topological polar surface area (TPSA) is 68.8 Å². The van der Waals surface area contributed by atoms with Crippen LogP contribution >= 0.6 is 24.0 Å². The average molecular weight is 485 g/mol. The number of anilines is 1. The summed E-state index contributed by atoms with van der Waals surface area (Å²) < 4.78 is 0. The Bertz CT molecular complexity index is 641. The van der Waals surface area contributed by atoms with Crippen LogP contribution < -0.4 is 20.9 Å². The Balaban J connectivity index is 0.00000364. The third-order valence-corrected chi connectivity index (χ3v) is 3.81. The van der Waals surface area contributed by atoms with Crippen LogP contribution in [0.2, 0.25) is 0 Å². The van der Waals surface area contributed by atoms with Crippen molar-refractivity contribution in [3.05, 3.63) is 42.0 Å². The summed E-state index contributed by atoms with van der Waals surface area (Å²) in [5.41, 5.74) is 2.13. The molecule has 0 radical (unpaired) electrons. The fourth-order valence-corrected chi connectivity index (χ4v) is 2.64. The highest BCUT2D eigenvalue weighted by atomic mass is 127. The van der Waals surface area contributed by atoms with Gasteiger partial charge in [0.25, 0.3) is 0 Å². The fraction of sp³-hybridized carbons (Fsp3) is 0.500. The largest absolute Gasteiger partial charge is 0.364 e. The summed E-state index contributed by atoms with van der Waals surface area (Å²) >= 11 is 0. The lowest BCUT2D eigenvalue weighted by atomic mass is 10.1. The van der Waals surface area contributed by atoms with Gasteiger partial charge in [-0.05, 0) is 45.4 Å². The average Bonchev–Trinajstić information content (AvgIpc) is 3.11. The van der Waals surface area contributed by atoms with Crippen LogP contribution in [-0.2, 0) is 11.3 Å². The molecular weight excluding hydrogens is 453 g/mol. The molecule has 0 fully saturated rings. The van der Waals surface area contributed by atoms with Crippen molar-refractivity contribution in [3.63, 3.8) is 0 Å². The number of guanidine groups is 1. The van der Waals surface area contributed by atoms with Crippen LogP contribution in [0.4, 0.5) is 5.69 Å². The van der Waals surface area contributed by atoms with Crippen LogP contribution in [0.5, 0.6) is 0 Å². The van der Waals surface area contributed by atoms with Gasteiger partial charge in [0, 0.05) is 30.9 Å². The van der Waals surface area contributed by atoms with E-state index in [9.17, 15) is 4.79 Å². The molecule has 6 nitrogen and oxygen atoms in total. The van der Waals surface area contributed by atoms with Crippen molar-refractivity contribution in [2.75, 3.05) is 31.1 Å². The summed E-state index contributed by atoms with van der Waals surface area (Å²) in [6, 6.07) is 8.48. The molecule has 0 unspecified atom stereocenters. The number of aliphatic imine (C=N–C) groups is 1. The summed E-state index contributed by atoms with van der Waals surface area (Å²) in [5.74, 6) is 0.594. The van der Waals surface area contributed by atoms with E-state index < -0.39 is 0 Å². The number of benzene rings is 1. The molecule has 1 aliphatic rings. The number of nitrogens with one attached hydrogen (secondary N) is 3. The molecule has 1 heterocycles. The molecule has 3 N–H and O–H groups in total. The first-order chi connectivity index (χ1) is 12.4. The minimum Gasteiger partial charge on any atom is -0.364 e. The van der Waals surface area contributed by atoms with Crippen molar-refractivity contribution in [2.45, 2.75) is 39.8 Å². The highest BCUT2D eigenvalue weighted by molar-refractivity contribution is 14.0. The van der Waals surface area contributed by atoms with E-state index in [1.54, 1.807) is 0 Å². The van der Waals surface area contributed by atoms with E-state index in [1.807, 2.05) is 27.7 Å². The smallest absolute Gasteiger partial charge is 0.239 e. The Morgan fingerprint density at radius 3 is 2.30 bits per heavy atom. The normalized spacial score (nSPS) is 13.9. The first-order valence-electron chi connectivity index (χ1n) is 9.19. The van der Waals surface area contributed by atoms with E-state index in [4.69, 9.17) is 0 Å². The SMILES string of the molecule is CCNC(=NCc1ccc(N2CC=CC2)cc1)NCC(=O)NC(C)(C)C.I. The van der Waals surface area contributed by atoms with Crippen molar-refractivity contribution in [2.24, 2.45) is 4.99 Å². The van der Waals surface area contributed by atoms with Gasteiger partial charge in [-0.2, -0.15) is 0 Å². The zero-order valence-electron chi connectivity index (χ0n) is 16.7. The number of hydrogen-bond acceptors (Lipinski definition) is 3. The van der Waals surface area contributed by atoms with Gasteiger partial charge in [0.15, 0.2) is 5.96 Å². The van der Waals surface area contributed by atoms with Crippen LogP contribution in [0, 0.1) is 0 Å². The Morgan fingerprint density at radius 2 is 1.74 bits per heavy atom. The quantitative estimate of drug-likeness (QED) is 0.251. The predicted molar refractivity (Wildman–Crippen MR) is 124 cm³/mol. The molecular formula is C20H32IN5O. The molecule has 1 aliphatic heterocycles. The van der Waals surface area contributed by atoms with Gasteiger partial charge >= 0.3 is 0 Å². The molecule has 150 valence electrons. The molecule has 2 rings (SSSR count). The first-order valence-corrected chi connectivity index (χ1v) is 9.19. The van der Waals surface area contributed by atoms with Gasteiger partial charge < -0.3 is 20.9 Å². The van der Waals surface area contributed by atoms with Crippen LogP contribution in [0.3, 0.4) is 0 Å². The number of carbonyl (C=O) groups excluding carboxylic acids is 1. The standard InChI is InChI=1S/C20H31N5O.HI/c1-5-21-19(23-15-18(26)24-20(2,3)4)22-14-16-8-10-17(11-9-16)25-12-6-7-13-25;/h6-11H,5,12-15H2,1-4H3,(H,24,26)(H2,21,22,23);1H. The maximum atomic E-state index is 11.9. The lowest BCUT2D eigenvalue weighted by molar-refractivity contribution is -0.121. The third kappa shape index (κ3) is 8.64. The molecule has 0 atom stereocenters. The molecule has 27 heavy (non-hydrogen) atoms. The summed E-state index contributed by atoms with van der Waals surface area (Å²) in [6.45, 7) is 11.4. The summed E-state index contributed by atoms with van der Waals surface area (Å²) in [7, 11) is 0. The number of nitrogens with zero attached hydrogens (tertiary/aromatic N) is 2. The summed E-state index contributed by atoms with van der Waals surface area (Å²) in [4.78, 5) is 18.8. The Morgan fingerprint density at radius 1 is 1.11 bits per heavy atom. The highest BCUT2D eigenvalue weighted by Crippen LogP contribution is 2.17. The number of rotatable bonds is 6. The summed E-state index contributed by atoms with van der Waals surface area (Å²) in [6.07, 6.45) is 4.37. The van der Waals surface area contributed by atoms with Gasteiger partial charge in [-0.1, -0.05) is 24.3 Å². The van der Waals surface area contributed by atoms with Gasteiger partial charge in [-0.15, -0.1) is 24.0 Å². The Labute approximate surface area is 179 Å². The molecule has 0 aliphatic carbocycles. The lowest BCUT2D eigenvalue weighted by Gasteiger charge is -2.21. The number of halogens is 1. The van der Waals surface area contributed by atoms with Crippen molar-refractivity contribution < 1.29 is 4.79 Å². The van der Waals surface area contributed by atoms with Gasteiger partial charge in [-0.25, -0.2) is 4.99 Å². The van der Waals surface area contributed by atoms with Crippen molar-refractivity contribution in [3.8, 4) is 0 Å². The molecule has 0 saturated carbocycles. The summed E-state index contributed by atoms with van der Waals surface area (Å²) in [5, 5.41) is 9.18. The molecule has 0 spiro atoms. The van der Waals surface area contributed by atoms with Gasteiger partial charge in [0.1, 0.15) is 0 Å². The van der Waals surface area contributed by atoms with Gasteiger partial charge in [0.05, 0.1) is 13.1 Å². The number of hydrogen-bond donors (Lipinski definition) is 3. The monoisotopic (exact) mass is 485 g/mol. The molecule has 0 bridgehead atoms. The Hall–Kier alpha value is -1.77. The zero-order chi connectivity index (χ0) is 19.0. The fourth-order valence-electron chi connectivity index (χ4n) is 2.64. The van der Waals surface area contributed by atoms with Crippen molar-refractivity contribution >= 4 is 41.5 Å². The second-order valence-electron chi connectivity index (χ2n) is 7.39. The van der Waals surface area contributed by atoms with E-state index in [0.717, 1.165) is 25.2 Å². The molecule has 1 amide bonds. The molecule has 0 aromatic heterocycles. The maximum Gasteiger partial charge on any atom is 0.239 e. The van der Waals surface area contributed by atoms with Gasteiger partial charge in [0.2, 0.25) is 5.91 Å². The first kappa shape index (κ1) is 23.3.